The summed E-state index contributed by atoms with van der Waals surface area (Å²) in [6.07, 6.45) is -7.76. The Balaban J connectivity index is 1.56. The molecule has 0 spiro atoms. The molecule has 0 bridgehead atoms. The highest BCUT2D eigenvalue weighted by molar-refractivity contribution is 6.14. The molecule has 2 aromatic heterocycles. The summed E-state index contributed by atoms with van der Waals surface area (Å²) in [5.74, 6) is -3.76. The third kappa shape index (κ3) is 6.05. The van der Waals surface area contributed by atoms with E-state index in [1.807, 2.05) is 71.3 Å². The predicted octanol–water partition coefficient (Wildman–Crippen LogP) is 13.8. The van der Waals surface area contributed by atoms with Crippen LogP contribution in [0.5, 0.6) is 0 Å². The number of allylic oxidation sites excluding steroid dienone is 8. The van der Waals surface area contributed by atoms with Crippen LogP contribution in [0.25, 0.3) is 55.0 Å². The highest BCUT2D eigenvalue weighted by Crippen LogP contribution is 2.52. The molecule has 0 aliphatic heterocycles. The molecule has 8 rings (SSSR count). The average Bonchev–Trinajstić information content (AvgIpc) is 3.64. The Morgan fingerprint density at radius 2 is 1.14 bits per heavy atom. The number of nitriles is 1. The van der Waals surface area contributed by atoms with E-state index in [1.54, 1.807) is 0 Å². The SMILES string of the molecule is CC(C)(C)c1ccc2c(c1)c1ccccc1n2C1=C(n2c3ccccc3c3cc(C(C)(C)C)ccc32)CC(C#N)C(C2=C(C(F)(F)F)C=CCC2C(F)(F)F)=C1. The first-order chi connectivity index (χ1) is 26.3. The summed E-state index contributed by atoms with van der Waals surface area (Å²) in [4.78, 5) is 0. The largest absolute Gasteiger partial charge is 0.416 e. The molecule has 0 saturated carbocycles. The van der Waals surface area contributed by atoms with Crippen molar-refractivity contribution in [2.24, 2.45) is 11.8 Å². The van der Waals surface area contributed by atoms with Crippen molar-refractivity contribution in [2.45, 2.75) is 77.6 Å². The maximum atomic E-state index is 14.9. The lowest BCUT2D eigenvalue weighted by atomic mass is 9.74. The van der Waals surface area contributed by atoms with Gasteiger partial charge in [0.1, 0.15) is 0 Å². The topological polar surface area (TPSA) is 33.6 Å². The van der Waals surface area contributed by atoms with Crippen LogP contribution in [-0.4, -0.2) is 21.5 Å². The van der Waals surface area contributed by atoms with Crippen LogP contribution in [0.15, 0.2) is 120 Å². The molecule has 2 unspecified atom stereocenters. The van der Waals surface area contributed by atoms with Crippen molar-refractivity contribution in [2.75, 3.05) is 0 Å². The molecule has 0 amide bonds. The number of rotatable bonds is 3. The zero-order valence-corrected chi connectivity index (χ0v) is 32.0. The maximum absolute atomic E-state index is 14.9. The van der Waals surface area contributed by atoms with Crippen LogP contribution in [0.4, 0.5) is 26.3 Å². The van der Waals surface area contributed by atoms with E-state index >= 15 is 0 Å². The van der Waals surface area contributed by atoms with Crippen LogP contribution in [0.1, 0.15) is 65.5 Å². The highest BCUT2D eigenvalue weighted by Gasteiger charge is 2.50. The fraction of sp³-hybridized carbons (Fsp3) is 0.298. The fourth-order valence-corrected chi connectivity index (χ4v) is 8.57. The quantitative estimate of drug-likeness (QED) is 0.165. The van der Waals surface area contributed by atoms with Crippen molar-refractivity contribution < 1.29 is 26.3 Å². The van der Waals surface area contributed by atoms with Gasteiger partial charge in [0, 0.05) is 33.7 Å². The second-order valence-electron chi connectivity index (χ2n) is 17.0. The zero-order chi connectivity index (χ0) is 40.1. The number of para-hydroxylation sites is 2. The summed E-state index contributed by atoms with van der Waals surface area (Å²) in [6, 6.07) is 30.0. The Hall–Kier alpha value is -5.49. The Morgan fingerprint density at radius 3 is 1.64 bits per heavy atom. The molecule has 0 radical (unpaired) electrons. The van der Waals surface area contributed by atoms with Crippen LogP contribution in [0.3, 0.4) is 0 Å². The minimum Gasteiger partial charge on any atom is -0.311 e. The minimum atomic E-state index is -5.09. The van der Waals surface area contributed by atoms with Crippen LogP contribution in [0.2, 0.25) is 0 Å². The van der Waals surface area contributed by atoms with E-state index in [0.717, 1.165) is 66.9 Å². The van der Waals surface area contributed by atoms with Crippen molar-refractivity contribution in [3.05, 3.63) is 131 Å². The lowest BCUT2D eigenvalue weighted by Crippen LogP contribution is -2.32. The van der Waals surface area contributed by atoms with Gasteiger partial charge in [-0.15, -0.1) is 0 Å². The summed E-state index contributed by atoms with van der Waals surface area (Å²) in [6.45, 7) is 12.7. The predicted molar refractivity (Wildman–Crippen MR) is 214 cm³/mol. The van der Waals surface area contributed by atoms with Gasteiger partial charge in [-0.25, -0.2) is 0 Å². The van der Waals surface area contributed by atoms with Crippen molar-refractivity contribution >= 4 is 55.0 Å². The molecule has 9 heteroatoms. The van der Waals surface area contributed by atoms with E-state index in [-0.39, 0.29) is 22.8 Å². The minimum absolute atomic E-state index is 0.135. The van der Waals surface area contributed by atoms with Gasteiger partial charge < -0.3 is 9.13 Å². The summed E-state index contributed by atoms with van der Waals surface area (Å²) in [5, 5.41) is 14.5. The molecule has 0 fully saturated rings. The first-order valence-electron chi connectivity index (χ1n) is 18.8. The monoisotopic (exact) mass is 761 g/mol. The number of hydrogen-bond donors (Lipinski definition) is 0. The van der Waals surface area contributed by atoms with Crippen LogP contribution >= 0.6 is 0 Å². The van der Waals surface area contributed by atoms with Crippen LogP contribution in [-0.2, 0) is 10.8 Å². The standard InChI is InChI=1S/C47H41F6N3/c1-44(2,3)28-18-20-39-33(23-28)30-12-7-9-16-37(30)55(39)41-22-27(26-54)32(43-35(46(48,49)50)14-11-15-36(43)47(51,52)53)25-42(41)56-38-17-10-8-13-31(38)34-24-29(45(4,5)6)19-21-40(34)56/h7-14,16-21,23-25,27,36H,15,22H2,1-6H3. The Kier molecular flexibility index (Phi) is 8.54. The number of aromatic nitrogens is 2. The van der Waals surface area contributed by atoms with Gasteiger partial charge in [-0.3, -0.25) is 0 Å². The van der Waals surface area contributed by atoms with Gasteiger partial charge in [0.25, 0.3) is 0 Å². The first-order valence-corrected chi connectivity index (χ1v) is 18.8. The maximum Gasteiger partial charge on any atom is 0.416 e. The number of nitrogens with zero attached hydrogens (tertiary/aromatic N) is 3. The summed E-state index contributed by atoms with van der Waals surface area (Å²) in [5.41, 5.74) is 3.42. The van der Waals surface area contributed by atoms with E-state index in [9.17, 15) is 31.6 Å². The van der Waals surface area contributed by atoms with Crippen molar-refractivity contribution in [3.63, 3.8) is 0 Å². The van der Waals surface area contributed by atoms with E-state index in [0.29, 0.717) is 11.4 Å². The molecular weight excluding hydrogens is 721 g/mol. The van der Waals surface area contributed by atoms with Gasteiger partial charge in [-0.05, 0) is 82.0 Å². The van der Waals surface area contributed by atoms with E-state index in [4.69, 9.17) is 0 Å². The van der Waals surface area contributed by atoms with E-state index in [2.05, 4.69) is 70.4 Å². The van der Waals surface area contributed by atoms with Crippen molar-refractivity contribution in [1.82, 2.24) is 9.13 Å². The number of hydrogen-bond acceptors (Lipinski definition) is 1. The zero-order valence-electron chi connectivity index (χ0n) is 32.0. The molecule has 2 aliphatic rings. The molecule has 0 saturated heterocycles. The molecule has 2 atom stereocenters. The number of benzene rings is 4. The Morgan fingerprint density at radius 1 is 0.643 bits per heavy atom. The molecule has 286 valence electrons. The second kappa shape index (κ2) is 12.8. The van der Waals surface area contributed by atoms with Crippen LogP contribution < -0.4 is 0 Å². The Labute approximate surface area is 321 Å². The highest BCUT2D eigenvalue weighted by atomic mass is 19.4. The molecule has 2 aliphatic carbocycles. The second-order valence-corrected chi connectivity index (χ2v) is 17.0. The van der Waals surface area contributed by atoms with Crippen LogP contribution in [0, 0.1) is 23.2 Å². The van der Waals surface area contributed by atoms with Crippen molar-refractivity contribution in [1.29, 1.82) is 5.26 Å². The number of halogens is 6. The van der Waals surface area contributed by atoms with Gasteiger partial charge in [0.2, 0.25) is 0 Å². The average molecular weight is 762 g/mol. The first kappa shape index (κ1) is 37.4. The molecule has 0 N–H and O–H groups in total. The summed E-state index contributed by atoms with van der Waals surface area (Å²) in [7, 11) is 0. The summed E-state index contributed by atoms with van der Waals surface area (Å²) >= 11 is 0. The molecule has 6 aromatic rings. The fourth-order valence-electron chi connectivity index (χ4n) is 8.57. The lowest BCUT2D eigenvalue weighted by Gasteiger charge is -2.34. The summed E-state index contributed by atoms with van der Waals surface area (Å²) < 4.78 is 93.0. The molecule has 3 nitrogen and oxygen atoms in total. The normalized spacial score (nSPS) is 18.8. The Bertz CT molecular complexity index is 2760. The van der Waals surface area contributed by atoms with Gasteiger partial charge in [0.05, 0.1) is 51.2 Å². The molecule has 2 heterocycles. The molecular formula is C47H41F6N3. The number of alkyl halides is 6. The number of fused-ring (bicyclic) bond motifs is 6. The van der Waals surface area contributed by atoms with Gasteiger partial charge in [-0.2, -0.15) is 31.6 Å². The smallest absolute Gasteiger partial charge is 0.311 e. The van der Waals surface area contributed by atoms with Gasteiger partial charge in [0.15, 0.2) is 0 Å². The van der Waals surface area contributed by atoms with Gasteiger partial charge >= 0.3 is 12.4 Å². The molecule has 56 heavy (non-hydrogen) atoms. The van der Waals surface area contributed by atoms with E-state index < -0.39 is 41.8 Å². The third-order valence-corrected chi connectivity index (χ3v) is 11.4. The lowest BCUT2D eigenvalue weighted by molar-refractivity contribution is -0.164. The third-order valence-electron chi connectivity index (χ3n) is 11.4. The van der Waals surface area contributed by atoms with Crippen molar-refractivity contribution in [3.8, 4) is 6.07 Å². The van der Waals surface area contributed by atoms with Gasteiger partial charge in [-0.1, -0.05) is 102 Å². The van der Waals surface area contributed by atoms with E-state index in [1.165, 1.54) is 6.08 Å². The molecule has 4 aromatic carbocycles.